The molecule has 0 unspecified atom stereocenters. The molecule has 0 amide bonds. The number of piperazine rings is 1. The monoisotopic (exact) mass is 440 g/mol. The lowest BCUT2D eigenvalue weighted by molar-refractivity contribution is 0.208. The summed E-state index contributed by atoms with van der Waals surface area (Å²) in [6.07, 6.45) is 8.44. The molecule has 1 aliphatic heterocycles. The summed E-state index contributed by atoms with van der Waals surface area (Å²) in [6.45, 7) is 5.56. The zero-order valence-electron chi connectivity index (χ0n) is 18.9. The van der Waals surface area contributed by atoms with Gasteiger partial charge in [0.05, 0.1) is 11.8 Å². The highest BCUT2D eigenvalue weighted by Crippen LogP contribution is 2.36. The SMILES string of the molecule is Oc1cc(NC2CC2)c(O)n1CCCN1CCN(c2ccccc2OC2CCCC2)CC1. The fourth-order valence-corrected chi connectivity index (χ4v) is 4.97. The number of nitrogens with one attached hydrogen (secondary N) is 1. The number of hydrogen-bond donors (Lipinski definition) is 3. The molecule has 174 valence electrons. The minimum atomic E-state index is 0.134. The first kappa shape index (κ1) is 21.3. The highest BCUT2D eigenvalue weighted by molar-refractivity contribution is 5.59. The predicted octanol–water partition coefficient (Wildman–Crippen LogP) is 4.01. The van der Waals surface area contributed by atoms with E-state index in [-0.39, 0.29) is 11.8 Å². The Balaban J connectivity index is 1.10. The molecule has 2 heterocycles. The van der Waals surface area contributed by atoms with E-state index in [0.29, 0.717) is 24.4 Å². The van der Waals surface area contributed by atoms with Gasteiger partial charge in [0.15, 0.2) is 5.88 Å². The average molecular weight is 441 g/mol. The smallest absolute Gasteiger partial charge is 0.218 e. The molecule has 3 aliphatic rings. The first-order valence-corrected chi connectivity index (χ1v) is 12.3. The van der Waals surface area contributed by atoms with Gasteiger partial charge >= 0.3 is 0 Å². The van der Waals surface area contributed by atoms with Gasteiger partial charge in [-0.1, -0.05) is 12.1 Å². The van der Waals surface area contributed by atoms with Crippen molar-refractivity contribution >= 4 is 11.4 Å². The number of para-hydroxylation sites is 2. The molecule has 5 rings (SSSR count). The first-order chi connectivity index (χ1) is 15.7. The molecule has 1 aromatic heterocycles. The number of anilines is 2. The van der Waals surface area contributed by atoms with E-state index in [0.717, 1.165) is 57.7 Å². The number of benzene rings is 1. The Morgan fingerprint density at radius 1 is 0.938 bits per heavy atom. The third kappa shape index (κ3) is 4.93. The van der Waals surface area contributed by atoms with Gasteiger partial charge in [-0.05, 0) is 63.6 Å². The van der Waals surface area contributed by atoms with E-state index in [9.17, 15) is 10.2 Å². The van der Waals surface area contributed by atoms with Gasteiger partial charge in [-0.3, -0.25) is 9.47 Å². The molecule has 32 heavy (non-hydrogen) atoms. The summed E-state index contributed by atoms with van der Waals surface area (Å²) in [7, 11) is 0. The first-order valence-electron chi connectivity index (χ1n) is 12.3. The topological polar surface area (TPSA) is 73.1 Å². The zero-order valence-corrected chi connectivity index (χ0v) is 18.9. The molecule has 7 heteroatoms. The number of ether oxygens (including phenoxy) is 1. The molecule has 3 N–H and O–H groups in total. The fraction of sp³-hybridized carbons (Fsp3) is 0.600. The second kappa shape index (κ2) is 9.53. The molecular formula is C25H36N4O3. The van der Waals surface area contributed by atoms with Crippen LogP contribution >= 0.6 is 0 Å². The summed E-state index contributed by atoms with van der Waals surface area (Å²) in [5.74, 6) is 1.31. The van der Waals surface area contributed by atoms with Crippen LogP contribution in [-0.4, -0.2) is 64.5 Å². The van der Waals surface area contributed by atoms with Crippen LogP contribution in [0, 0.1) is 0 Å². The summed E-state index contributed by atoms with van der Waals surface area (Å²) in [5.41, 5.74) is 1.87. The van der Waals surface area contributed by atoms with Crippen molar-refractivity contribution in [2.45, 2.75) is 63.6 Å². The van der Waals surface area contributed by atoms with E-state index in [2.05, 4.69) is 39.4 Å². The van der Waals surface area contributed by atoms with Crippen LogP contribution in [0.5, 0.6) is 17.5 Å². The quantitative estimate of drug-likeness (QED) is 0.547. The predicted molar refractivity (Wildman–Crippen MR) is 127 cm³/mol. The second-order valence-corrected chi connectivity index (χ2v) is 9.48. The van der Waals surface area contributed by atoms with E-state index in [1.54, 1.807) is 10.6 Å². The molecule has 2 aromatic rings. The Kier molecular flexibility index (Phi) is 6.35. The molecule has 2 aliphatic carbocycles. The number of aromatic nitrogens is 1. The summed E-state index contributed by atoms with van der Waals surface area (Å²) in [4.78, 5) is 4.91. The van der Waals surface area contributed by atoms with Gasteiger partial charge in [-0.25, -0.2) is 0 Å². The van der Waals surface area contributed by atoms with Crippen LogP contribution in [0.3, 0.4) is 0 Å². The zero-order chi connectivity index (χ0) is 21.9. The molecule has 1 aromatic carbocycles. The Morgan fingerprint density at radius 2 is 1.69 bits per heavy atom. The van der Waals surface area contributed by atoms with Gasteiger partial charge in [-0.15, -0.1) is 0 Å². The van der Waals surface area contributed by atoms with Gasteiger partial charge in [0.25, 0.3) is 0 Å². The van der Waals surface area contributed by atoms with Crippen molar-refractivity contribution in [3.05, 3.63) is 30.3 Å². The van der Waals surface area contributed by atoms with Gasteiger partial charge in [0, 0.05) is 44.8 Å². The van der Waals surface area contributed by atoms with Crippen LogP contribution in [-0.2, 0) is 6.54 Å². The highest BCUT2D eigenvalue weighted by Gasteiger charge is 2.25. The van der Waals surface area contributed by atoms with E-state index < -0.39 is 0 Å². The Hall–Kier alpha value is -2.54. The Bertz CT molecular complexity index is 897. The van der Waals surface area contributed by atoms with Crippen LogP contribution in [0.15, 0.2) is 30.3 Å². The number of rotatable bonds is 9. The molecule has 0 spiro atoms. The summed E-state index contributed by atoms with van der Waals surface area (Å²) >= 11 is 0. The van der Waals surface area contributed by atoms with Gasteiger partial charge in [0.2, 0.25) is 5.88 Å². The van der Waals surface area contributed by atoms with E-state index >= 15 is 0 Å². The summed E-state index contributed by atoms with van der Waals surface area (Å²) < 4.78 is 7.95. The molecule has 1 saturated heterocycles. The largest absolute Gasteiger partial charge is 0.494 e. The van der Waals surface area contributed by atoms with Crippen LogP contribution in [0.25, 0.3) is 0 Å². The minimum Gasteiger partial charge on any atom is -0.494 e. The van der Waals surface area contributed by atoms with Crippen molar-refractivity contribution in [1.82, 2.24) is 9.47 Å². The van der Waals surface area contributed by atoms with Gasteiger partial charge < -0.3 is 25.2 Å². The molecule has 7 nitrogen and oxygen atoms in total. The lowest BCUT2D eigenvalue weighted by atomic mass is 10.2. The summed E-state index contributed by atoms with van der Waals surface area (Å²) in [5, 5.41) is 23.9. The normalized spacial score (nSPS) is 20.1. The van der Waals surface area contributed by atoms with E-state index in [1.165, 1.54) is 31.4 Å². The standard InChI is InChI=1S/C25H36N4O3/c30-24-18-21(26-19-10-11-19)25(31)29(24)13-5-12-27-14-16-28(17-15-27)22-8-3-4-9-23(22)32-20-6-1-2-7-20/h3-4,8-9,18-20,26,30-31H,1-2,5-7,10-17H2. The molecule has 3 fully saturated rings. The maximum absolute atomic E-state index is 10.4. The van der Waals surface area contributed by atoms with Crippen molar-refractivity contribution in [2.75, 3.05) is 42.9 Å². The molecule has 0 atom stereocenters. The molecular weight excluding hydrogens is 404 g/mol. The third-order valence-corrected chi connectivity index (χ3v) is 7.01. The molecule has 0 bridgehead atoms. The van der Waals surface area contributed by atoms with Crippen molar-refractivity contribution in [3.63, 3.8) is 0 Å². The lowest BCUT2D eigenvalue weighted by Crippen LogP contribution is -2.46. The molecule has 2 saturated carbocycles. The van der Waals surface area contributed by atoms with Crippen LogP contribution in [0.2, 0.25) is 0 Å². The van der Waals surface area contributed by atoms with Crippen LogP contribution in [0.4, 0.5) is 11.4 Å². The maximum atomic E-state index is 10.4. The summed E-state index contributed by atoms with van der Waals surface area (Å²) in [6, 6.07) is 10.6. The van der Waals surface area contributed by atoms with Crippen LogP contribution < -0.4 is 15.0 Å². The Labute approximate surface area is 190 Å². The third-order valence-electron chi connectivity index (χ3n) is 7.01. The van der Waals surface area contributed by atoms with Crippen molar-refractivity contribution in [1.29, 1.82) is 0 Å². The number of hydrogen-bond acceptors (Lipinski definition) is 6. The van der Waals surface area contributed by atoms with E-state index in [4.69, 9.17) is 4.74 Å². The second-order valence-electron chi connectivity index (χ2n) is 9.48. The molecule has 0 radical (unpaired) electrons. The Morgan fingerprint density at radius 3 is 2.44 bits per heavy atom. The van der Waals surface area contributed by atoms with Crippen LogP contribution in [0.1, 0.15) is 44.9 Å². The minimum absolute atomic E-state index is 0.134. The average Bonchev–Trinajstić information content (AvgIpc) is 3.40. The van der Waals surface area contributed by atoms with Crippen molar-refractivity contribution in [2.24, 2.45) is 0 Å². The highest BCUT2D eigenvalue weighted by atomic mass is 16.5. The lowest BCUT2D eigenvalue weighted by Gasteiger charge is -2.37. The van der Waals surface area contributed by atoms with E-state index in [1.807, 2.05) is 0 Å². The van der Waals surface area contributed by atoms with Gasteiger partial charge in [0.1, 0.15) is 11.4 Å². The van der Waals surface area contributed by atoms with Crippen molar-refractivity contribution in [3.8, 4) is 17.5 Å². The van der Waals surface area contributed by atoms with Gasteiger partial charge in [-0.2, -0.15) is 0 Å². The fourth-order valence-electron chi connectivity index (χ4n) is 4.97. The van der Waals surface area contributed by atoms with Crippen molar-refractivity contribution < 1.29 is 14.9 Å². The number of aromatic hydroxyl groups is 2. The maximum Gasteiger partial charge on any atom is 0.218 e. The number of nitrogens with zero attached hydrogens (tertiary/aromatic N) is 3.